The van der Waals surface area contributed by atoms with Crippen LogP contribution in [0.25, 0.3) is 0 Å². The van der Waals surface area contributed by atoms with Crippen LogP contribution in [-0.4, -0.2) is 25.5 Å². The lowest BCUT2D eigenvalue weighted by atomic mass is 10.2. The fourth-order valence-electron chi connectivity index (χ4n) is 1.81. The first kappa shape index (κ1) is 16.9. The fraction of sp³-hybridized carbons (Fsp3) is 0.250. The topological polar surface area (TPSA) is 77.8 Å². The van der Waals surface area contributed by atoms with Gasteiger partial charge in [-0.1, -0.05) is 11.6 Å². The normalized spacial score (nSPS) is 10.2. The Kier molecular flexibility index (Phi) is 5.65. The Bertz CT molecular complexity index is 710. The average Bonchev–Trinajstić information content (AvgIpc) is 3.00. The number of rotatable bonds is 6. The van der Waals surface area contributed by atoms with Crippen molar-refractivity contribution < 1.29 is 23.5 Å². The van der Waals surface area contributed by atoms with Gasteiger partial charge in [0, 0.05) is 5.02 Å². The molecule has 1 aromatic carbocycles. The van der Waals surface area contributed by atoms with Crippen molar-refractivity contribution >= 4 is 23.5 Å². The Balaban J connectivity index is 1.91. The summed E-state index contributed by atoms with van der Waals surface area (Å²) in [5.41, 5.74) is 0.903. The monoisotopic (exact) mass is 337 g/mol. The van der Waals surface area contributed by atoms with Crippen molar-refractivity contribution in [3.05, 3.63) is 52.4 Å². The lowest BCUT2D eigenvalue weighted by Gasteiger charge is -2.07. The molecule has 7 heteroatoms. The van der Waals surface area contributed by atoms with Gasteiger partial charge in [0.25, 0.3) is 5.91 Å². The molecule has 0 aliphatic rings. The van der Waals surface area contributed by atoms with Crippen LogP contribution in [0.1, 0.15) is 21.9 Å². The van der Waals surface area contributed by atoms with E-state index >= 15 is 0 Å². The molecule has 0 saturated carbocycles. The number of esters is 1. The Morgan fingerprint density at radius 1 is 1.26 bits per heavy atom. The molecule has 0 unspecified atom stereocenters. The zero-order valence-corrected chi connectivity index (χ0v) is 13.5. The zero-order chi connectivity index (χ0) is 16.8. The first-order valence-electron chi connectivity index (χ1n) is 6.82. The smallest absolute Gasteiger partial charge is 0.325 e. The van der Waals surface area contributed by atoms with Crippen molar-refractivity contribution in [1.29, 1.82) is 0 Å². The average molecular weight is 338 g/mol. The molecular weight excluding hydrogens is 322 g/mol. The maximum absolute atomic E-state index is 11.8. The van der Waals surface area contributed by atoms with Gasteiger partial charge in [-0.15, -0.1) is 0 Å². The van der Waals surface area contributed by atoms with E-state index in [0.29, 0.717) is 16.5 Å². The van der Waals surface area contributed by atoms with E-state index in [1.807, 2.05) is 6.92 Å². The molecule has 1 amide bonds. The lowest BCUT2D eigenvalue weighted by molar-refractivity contribution is -0.139. The predicted molar refractivity (Wildman–Crippen MR) is 83.6 cm³/mol. The van der Waals surface area contributed by atoms with E-state index in [4.69, 9.17) is 20.8 Å². The van der Waals surface area contributed by atoms with Crippen LogP contribution in [0.4, 0.5) is 0 Å². The fourth-order valence-corrected chi connectivity index (χ4v) is 2.04. The van der Waals surface area contributed by atoms with E-state index < -0.39 is 11.9 Å². The molecule has 0 saturated heterocycles. The van der Waals surface area contributed by atoms with Crippen LogP contribution in [0.15, 0.2) is 34.7 Å². The molecule has 23 heavy (non-hydrogen) atoms. The standard InChI is InChI=1S/C16H16ClNO5/c1-10-7-11(17)3-5-13(10)22-9-12-4-6-14(23-12)16(20)18-8-15(19)21-2/h3-7H,8-9H2,1-2H3,(H,18,20). The van der Waals surface area contributed by atoms with E-state index in [-0.39, 0.29) is 18.9 Å². The van der Waals surface area contributed by atoms with E-state index in [1.165, 1.54) is 13.2 Å². The maximum Gasteiger partial charge on any atom is 0.325 e. The molecule has 122 valence electrons. The number of furan rings is 1. The SMILES string of the molecule is COC(=O)CNC(=O)c1ccc(COc2ccc(Cl)cc2C)o1. The molecule has 1 aromatic heterocycles. The number of carbonyl (C=O) groups excluding carboxylic acids is 2. The zero-order valence-electron chi connectivity index (χ0n) is 12.7. The Morgan fingerprint density at radius 3 is 2.74 bits per heavy atom. The van der Waals surface area contributed by atoms with Crippen LogP contribution >= 0.6 is 11.6 Å². The number of ether oxygens (including phenoxy) is 2. The minimum absolute atomic E-state index is 0.0975. The molecule has 6 nitrogen and oxygen atoms in total. The van der Waals surface area contributed by atoms with Gasteiger partial charge in [0.2, 0.25) is 0 Å². The van der Waals surface area contributed by atoms with Gasteiger partial charge in [-0.25, -0.2) is 0 Å². The number of aryl methyl sites for hydroxylation is 1. The van der Waals surface area contributed by atoms with Crippen molar-refractivity contribution in [1.82, 2.24) is 5.32 Å². The number of amides is 1. The number of methoxy groups -OCH3 is 1. The molecule has 1 N–H and O–H groups in total. The summed E-state index contributed by atoms with van der Waals surface area (Å²) >= 11 is 5.88. The highest BCUT2D eigenvalue weighted by atomic mass is 35.5. The third-order valence-electron chi connectivity index (χ3n) is 3.01. The van der Waals surface area contributed by atoms with Crippen molar-refractivity contribution in [3.8, 4) is 5.75 Å². The molecule has 0 spiro atoms. The molecule has 0 atom stereocenters. The number of hydrogen-bond acceptors (Lipinski definition) is 5. The summed E-state index contributed by atoms with van der Waals surface area (Å²) in [6.07, 6.45) is 0. The summed E-state index contributed by atoms with van der Waals surface area (Å²) < 4.78 is 15.4. The molecule has 0 fully saturated rings. The molecule has 1 heterocycles. The first-order chi connectivity index (χ1) is 11.0. The molecule has 0 bridgehead atoms. The lowest BCUT2D eigenvalue weighted by Crippen LogP contribution is -2.29. The first-order valence-corrected chi connectivity index (χ1v) is 7.20. The van der Waals surface area contributed by atoms with Gasteiger partial charge >= 0.3 is 5.97 Å². The molecule has 0 aliphatic heterocycles. The Morgan fingerprint density at radius 2 is 2.04 bits per heavy atom. The van der Waals surface area contributed by atoms with Crippen molar-refractivity contribution in [2.45, 2.75) is 13.5 Å². The summed E-state index contributed by atoms with van der Waals surface area (Å²) in [5, 5.41) is 3.03. The van der Waals surface area contributed by atoms with Crippen molar-refractivity contribution in [2.24, 2.45) is 0 Å². The Hall–Kier alpha value is -2.47. The van der Waals surface area contributed by atoms with Crippen LogP contribution in [0.5, 0.6) is 5.75 Å². The van der Waals surface area contributed by atoms with Crippen molar-refractivity contribution in [3.63, 3.8) is 0 Å². The Labute approximate surface area is 138 Å². The third kappa shape index (κ3) is 4.75. The summed E-state index contributed by atoms with van der Waals surface area (Å²) in [4.78, 5) is 22.7. The van der Waals surface area contributed by atoms with Crippen LogP contribution in [0.3, 0.4) is 0 Å². The molecule has 2 rings (SSSR count). The molecule has 0 radical (unpaired) electrons. The largest absolute Gasteiger partial charge is 0.485 e. The summed E-state index contributed by atoms with van der Waals surface area (Å²) in [7, 11) is 1.25. The molecular formula is C16H16ClNO5. The highest BCUT2D eigenvalue weighted by Gasteiger charge is 2.13. The maximum atomic E-state index is 11.8. The minimum atomic E-state index is -0.535. The van der Waals surface area contributed by atoms with Crippen LogP contribution in [-0.2, 0) is 16.1 Å². The second-order valence-corrected chi connectivity index (χ2v) is 5.16. The van der Waals surface area contributed by atoms with Crippen LogP contribution in [0, 0.1) is 6.92 Å². The number of halogens is 1. The van der Waals surface area contributed by atoms with Gasteiger partial charge < -0.3 is 19.2 Å². The van der Waals surface area contributed by atoms with Gasteiger partial charge in [-0.3, -0.25) is 9.59 Å². The van der Waals surface area contributed by atoms with Gasteiger partial charge in [0.15, 0.2) is 5.76 Å². The summed E-state index contributed by atoms with van der Waals surface area (Å²) in [6, 6.07) is 8.45. The summed E-state index contributed by atoms with van der Waals surface area (Å²) in [5.74, 6) is 0.237. The van der Waals surface area contributed by atoms with E-state index in [0.717, 1.165) is 5.56 Å². The van der Waals surface area contributed by atoms with Gasteiger partial charge in [0.05, 0.1) is 7.11 Å². The summed E-state index contributed by atoms with van der Waals surface area (Å²) in [6.45, 7) is 1.84. The second kappa shape index (κ2) is 7.69. The number of carbonyl (C=O) groups is 2. The third-order valence-corrected chi connectivity index (χ3v) is 3.25. The second-order valence-electron chi connectivity index (χ2n) is 4.72. The molecule has 0 aliphatic carbocycles. The minimum Gasteiger partial charge on any atom is -0.485 e. The quantitative estimate of drug-likeness (QED) is 0.820. The number of hydrogen-bond donors (Lipinski definition) is 1. The highest BCUT2D eigenvalue weighted by molar-refractivity contribution is 6.30. The van der Waals surface area contributed by atoms with Crippen molar-refractivity contribution in [2.75, 3.05) is 13.7 Å². The van der Waals surface area contributed by atoms with E-state index in [9.17, 15) is 9.59 Å². The van der Waals surface area contributed by atoms with Crippen LogP contribution < -0.4 is 10.1 Å². The number of nitrogens with one attached hydrogen (secondary N) is 1. The van der Waals surface area contributed by atoms with Crippen LogP contribution in [0.2, 0.25) is 5.02 Å². The molecule has 2 aromatic rings. The van der Waals surface area contributed by atoms with Gasteiger partial charge in [-0.05, 0) is 42.8 Å². The highest BCUT2D eigenvalue weighted by Crippen LogP contribution is 2.23. The van der Waals surface area contributed by atoms with E-state index in [2.05, 4.69) is 10.1 Å². The van der Waals surface area contributed by atoms with Gasteiger partial charge in [0.1, 0.15) is 24.7 Å². The predicted octanol–water partition coefficient (Wildman–Crippen LogP) is 2.72. The van der Waals surface area contributed by atoms with Gasteiger partial charge in [-0.2, -0.15) is 0 Å². The number of benzene rings is 1. The van der Waals surface area contributed by atoms with E-state index in [1.54, 1.807) is 24.3 Å².